The van der Waals surface area contributed by atoms with Crippen molar-refractivity contribution in [1.82, 2.24) is 19.9 Å². The highest BCUT2D eigenvalue weighted by atomic mass is 16.3. The molecule has 1 fully saturated rings. The van der Waals surface area contributed by atoms with Gasteiger partial charge in [-0.3, -0.25) is 0 Å². The average Bonchev–Trinajstić information content (AvgIpc) is 3.14. The van der Waals surface area contributed by atoms with Crippen LogP contribution in [0.3, 0.4) is 0 Å². The highest BCUT2D eigenvalue weighted by Crippen LogP contribution is 2.31. The fraction of sp³-hybridized carbons (Fsp3) is 0.333. The molecule has 28 heavy (non-hydrogen) atoms. The molecular weight excluding hydrogens is 352 g/mol. The lowest BCUT2D eigenvalue weighted by Crippen LogP contribution is -2.39. The average molecular weight is 374 g/mol. The summed E-state index contributed by atoms with van der Waals surface area (Å²) in [6.07, 6.45) is 6.22. The Balaban J connectivity index is 1.33. The maximum Gasteiger partial charge on any atom is 0.196 e. The second-order valence-electron chi connectivity index (χ2n) is 7.12. The van der Waals surface area contributed by atoms with Gasteiger partial charge in [-0.05, 0) is 31.4 Å². The topological polar surface area (TPSA) is 80.0 Å². The van der Waals surface area contributed by atoms with E-state index >= 15 is 0 Å². The van der Waals surface area contributed by atoms with E-state index in [-0.39, 0.29) is 0 Å². The van der Waals surface area contributed by atoms with Crippen molar-refractivity contribution in [2.24, 2.45) is 0 Å². The Morgan fingerprint density at radius 1 is 1.07 bits per heavy atom. The summed E-state index contributed by atoms with van der Waals surface area (Å²) < 4.78 is 6.03. The van der Waals surface area contributed by atoms with Crippen LogP contribution in [0.25, 0.3) is 22.1 Å². The number of aromatic nitrogens is 4. The number of para-hydroxylation sites is 1. The number of aryl methyl sites for hydroxylation is 1. The summed E-state index contributed by atoms with van der Waals surface area (Å²) in [6, 6.07) is 10.4. The maximum atomic E-state index is 6.03. The Kier molecular flexibility index (Phi) is 4.27. The Morgan fingerprint density at radius 2 is 1.89 bits per heavy atom. The van der Waals surface area contributed by atoms with Crippen molar-refractivity contribution < 1.29 is 4.42 Å². The number of piperidine rings is 1. The molecule has 0 saturated carbocycles. The third-order valence-corrected chi connectivity index (χ3v) is 5.39. The molecule has 1 aromatic carbocycles. The Labute approximate surface area is 162 Å². The number of hydrogen-bond donors (Lipinski definition) is 1. The minimum Gasteiger partial charge on any atom is -0.450 e. The first-order valence-corrected chi connectivity index (χ1v) is 9.76. The highest BCUT2D eigenvalue weighted by molar-refractivity contribution is 6.05. The first-order chi connectivity index (χ1) is 13.8. The normalized spacial score (nSPS) is 15.4. The molecular formula is C21H22N6O. The van der Waals surface area contributed by atoms with Crippen LogP contribution >= 0.6 is 0 Å². The van der Waals surface area contributed by atoms with E-state index in [4.69, 9.17) is 4.42 Å². The molecule has 0 bridgehead atoms. The van der Waals surface area contributed by atoms with Gasteiger partial charge < -0.3 is 14.6 Å². The van der Waals surface area contributed by atoms with Crippen molar-refractivity contribution in [2.45, 2.75) is 32.2 Å². The Bertz CT molecular complexity index is 1120. The number of hydrogen-bond acceptors (Lipinski definition) is 7. The molecule has 142 valence electrons. The predicted molar refractivity (Wildman–Crippen MR) is 110 cm³/mol. The van der Waals surface area contributed by atoms with Crippen molar-refractivity contribution >= 4 is 33.7 Å². The van der Waals surface area contributed by atoms with Gasteiger partial charge in [0, 0.05) is 36.3 Å². The molecule has 1 N–H and O–H groups in total. The van der Waals surface area contributed by atoms with E-state index in [0.29, 0.717) is 6.04 Å². The molecule has 0 aliphatic carbocycles. The molecule has 4 aromatic rings. The molecule has 5 rings (SSSR count). The van der Waals surface area contributed by atoms with Crippen molar-refractivity contribution in [1.29, 1.82) is 0 Å². The zero-order chi connectivity index (χ0) is 18.9. The number of benzene rings is 1. The monoisotopic (exact) mass is 374 g/mol. The van der Waals surface area contributed by atoms with Gasteiger partial charge in [-0.2, -0.15) is 0 Å². The lowest BCUT2D eigenvalue weighted by Gasteiger charge is -2.33. The van der Waals surface area contributed by atoms with E-state index in [1.807, 2.05) is 24.3 Å². The van der Waals surface area contributed by atoms with Crippen molar-refractivity contribution in [3.8, 4) is 0 Å². The van der Waals surface area contributed by atoms with Crippen LogP contribution in [0, 0.1) is 0 Å². The minimum atomic E-state index is 0.343. The quantitative estimate of drug-likeness (QED) is 0.582. The van der Waals surface area contributed by atoms with E-state index < -0.39 is 0 Å². The van der Waals surface area contributed by atoms with Gasteiger partial charge in [0.05, 0.1) is 0 Å². The third-order valence-electron chi connectivity index (χ3n) is 5.39. The van der Waals surface area contributed by atoms with Gasteiger partial charge >= 0.3 is 0 Å². The van der Waals surface area contributed by atoms with Gasteiger partial charge in [0.15, 0.2) is 11.4 Å². The molecule has 1 saturated heterocycles. The van der Waals surface area contributed by atoms with Crippen LogP contribution in [-0.2, 0) is 6.42 Å². The van der Waals surface area contributed by atoms with Crippen LogP contribution in [-0.4, -0.2) is 39.1 Å². The fourth-order valence-corrected chi connectivity index (χ4v) is 3.82. The summed E-state index contributed by atoms with van der Waals surface area (Å²) in [6.45, 7) is 4.02. The van der Waals surface area contributed by atoms with Gasteiger partial charge in [0.25, 0.3) is 0 Å². The van der Waals surface area contributed by atoms with Crippen molar-refractivity contribution in [2.75, 3.05) is 23.3 Å². The number of anilines is 2. The predicted octanol–water partition coefficient (Wildman–Crippen LogP) is 3.81. The smallest absolute Gasteiger partial charge is 0.196 e. The summed E-state index contributed by atoms with van der Waals surface area (Å²) in [4.78, 5) is 19.9. The lowest BCUT2D eigenvalue weighted by molar-refractivity contribution is 0.521. The van der Waals surface area contributed by atoms with Gasteiger partial charge in [-0.15, -0.1) is 0 Å². The first-order valence-electron chi connectivity index (χ1n) is 9.76. The van der Waals surface area contributed by atoms with Crippen LogP contribution in [0.2, 0.25) is 0 Å². The second kappa shape index (κ2) is 7.07. The molecule has 0 unspecified atom stereocenters. The number of nitrogens with one attached hydrogen (secondary N) is 1. The van der Waals surface area contributed by atoms with Gasteiger partial charge in [0.1, 0.15) is 29.6 Å². The summed E-state index contributed by atoms with van der Waals surface area (Å²) in [7, 11) is 0. The van der Waals surface area contributed by atoms with Crippen LogP contribution in [0.1, 0.15) is 25.5 Å². The molecule has 1 aliphatic rings. The van der Waals surface area contributed by atoms with Gasteiger partial charge in [-0.1, -0.05) is 19.1 Å². The van der Waals surface area contributed by atoms with Crippen LogP contribution in [0.5, 0.6) is 0 Å². The molecule has 0 amide bonds. The van der Waals surface area contributed by atoms with Crippen LogP contribution in [0.4, 0.5) is 11.6 Å². The number of nitrogens with zero attached hydrogens (tertiary/aromatic N) is 5. The molecule has 1 aliphatic heterocycles. The summed E-state index contributed by atoms with van der Waals surface area (Å²) in [5.74, 6) is 1.79. The van der Waals surface area contributed by atoms with Crippen molar-refractivity contribution in [3.05, 3.63) is 48.7 Å². The zero-order valence-corrected chi connectivity index (χ0v) is 15.8. The Hall–Kier alpha value is -3.22. The minimum absolute atomic E-state index is 0.343. The molecule has 0 spiro atoms. The standard InChI is InChI=1S/C21H22N6O/c1-2-14-11-18(23-12-22-14)27-9-7-15(8-10-27)26-21-20-19(24-13-25-21)16-5-3-4-6-17(16)28-20/h3-6,11-13,15H,2,7-10H2,1H3,(H,24,25,26). The van der Waals surface area contributed by atoms with Gasteiger partial charge in [-0.25, -0.2) is 19.9 Å². The van der Waals surface area contributed by atoms with E-state index in [0.717, 1.165) is 71.8 Å². The molecule has 4 heterocycles. The third kappa shape index (κ3) is 3.02. The zero-order valence-electron chi connectivity index (χ0n) is 15.8. The maximum absolute atomic E-state index is 6.03. The lowest BCUT2D eigenvalue weighted by atomic mass is 10.0. The second-order valence-corrected chi connectivity index (χ2v) is 7.12. The number of rotatable bonds is 4. The SMILES string of the molecule is CCc1cc(N2CCC(Nc3ncnc4c3oc3ccccc34)CC2)ncn1. The molecule has 0 atom stereocenters. The largest absolute Gasteiger partial charge is 0.450 e. The van der Waals surface area contributed by atoms with Crippen LogP contribution < -0.4 is 10.2 Å². The Morgan fingerprint density at radius 3 is 2.75 bits per heavy atom. The van der Waals surface area contributed by atoms with E-state index in [1.54, 1.807) is 12.7 Å². The molecule has 3 aromatic heterocycles. The molecule has 7 heteroatoms. The fourth-order valence-electron chi connectivity index (χ4n) is 3.82. The van der Waals surface area contributed by atoms with E-state index in [9.17, 15) is 0 Å². The molecule has 0 radical (unpaired) electrons. The first kappa shape index (κ1) is 16.9. The van der Waals surface area contributed by atoms with E-state index in [1.165, 1.54) is 0 Å². The molecule has 7 nitrogen and oxygen atoms in total. The van der Waals surface area contributed by atoms with Gasteiger partial charge in [0.2, 0.25) is 0 Å². The summed E-state index contributed by atoms with van der Waals surface area (Å²) in [5, 5.41) is 4.60. The summed E-state index contributed by atoms with van der Waals surface area (Å²) >= 11 is 0. The van der Waals surface area contributed by atoms with Crippen molar-refractivity contribution in [3.63, 3.8) is 0 Å². The van der Waals surface area contributed by atoms with E-state index in [2.05, 4.69) is 43.1 Å². The summed E-state index contributed by atoms with van der Waals surface area (Å²) in [5.41, 5.74) is 3.51. The number of furan rings is 1. The highest BCUT2D eigenvalue weighted by Gasteiger charge is 2.22. The van der Waals surface area contributed by atoms with Crippen LogP contribution in [0.15, 0.2) is 47.4 Å². The number of fused-ring (bicyclic) bond motifs is 3.